The topological polar surface area (TPSA) is 213 Å². The molecular formula is C50H59BrN12O8S. The summed E-state index contributed by atoms with van der Waals surface area (Å²) in [4.78, 5) is 85.8. The molecule has 5 amide bonds. The van der Waals surface area contributed by atoms with Crippen LogP contribution in [-0.2, 0) is 30.8 Å². The number of imide groups is 2. The maximum Gasteiger partial charge on any atom is 0.262 e. The minimum atomic E-state index is -3.46. The van der Waals surface area contributed by atoms with Gasteiger partial charge in [-0.2, -0.15) is 4.98 Å². The lowest BCUT2D eigenvalue weighted by atomic mass is 10.0. The van der Waals surface area contributed by atoms with Crippen molar-refractivity contribution in [2.45, 2.75) is 57.5 Å². The number of ether oxygens (including phenoxy) is 1. The summed E-state index contributed by atoms with van der Waals surface area (Å²) in [5, 5.41) is 8.91. The molecule has 1 atom stereocenters. The molecule has 6 aliphatic rings. The number of piperazine rings is 2. The molecule has 6 aliphatic heterocycles. The van der Waals surface area contributed by atoms with E-state index in [1.54, 1.807) is 25.4 Å². The number of nitrogens with one attached hydrogen (secondary N) is 3. The number of amides is 5. The largest absolute Gasteiger partial charge is 0.494 e. The van der Waals surface area contributed by atoms with Crippen LogP contribution < -0.4 is 34.8 Å². The van der Waals surface area contributed by atoms with Crippen molar-refractivity contribution in [1.29, 1.82) is 0 Å². The molecule has 4 aromatic rings. The van der Waals surface area contributed by atoms with Gasteiger partial charge in [-0.25, -0.2) is 13.4 Å². The van der Waals surface area contributed by atoms with Crippen molar-refractivity contribution in [1.82, 2.24) is 34.9 Å². The Morgan fingerprint density at radius 3 is 2.31 bits per heavy atom. The summed E-state index contributed by atoms with van der Waals surface area (Å²) >= 11 is 3.56. The summed E-state index contributed by atoms with van der Waals surface area (Å²) in [6.07, 6.45) is 6.17. The molecule has 1 unspecified atom stereocenters. The van der Waals surface area contributed by atoms with Gasteiger partial charge in [-0.15, -0.1) is 0 Å². The van der Waals surface area contributed by atoms with Crippen molar-refractivity contribution >= 4 is 95.7 Å². The van der Waals surface area contributed by atoms with Gasteiger partial charge >= 0.3 is 0 Å². The van der Waals surface area contributed by atoms with E-state index in [0.29, 0.717) is 91.5 Å². The fourth-order valence-corrected chi connectivity index (χ4v) is 12.3. The van der Waals surface area contributed by atoms with Gasteiger partial charge in [0, 0.05) is 121 Å². The van der Waals surface area contributed by atoms with E-state index in [1.165, 1.54) is 10.6 Å². The highest BCUT2D eigenvalue weighted by molar-refractivity contribution is 9.10. The number of rotatable bonds is 13. The van der Waals surface area contributed by atoms with Crippen LogP contribution in [0.2, 0.25) is 0 Å². The first-order valence-electron chi connectivity index (χ1n) is 24.6. The van der Waals surface area contributed by atoms with Gasteiger partial charge in [-0.3, -0.25) is 48.3 Å². The lowest BCUT2D eigenvalue weighted by Crippen LogP contribution is -2.54. The third kappa shape index (κ3) is 9.92. The number of nitrogens with zero attached hydrogens (tertiary/aromatic N) is 9. The van der Waals surface area contributed by atoms with Crippen molar-refractivity contribution in [2.75, 3.05) is 117 Å². The van der Waals surface area contributed by atoms with E-state index in [9.17, 15) is 32.4 Å². The predicted molar refractivity (Wildman–Crippen MR) is 276 cm³/mol. The molecule has 380 valence electrons. The summed E-state index contributed by atoms with van der Waals surface area (Å²) in [6.45, 7) is 11.0. The summed E-state index contributed by atoms with van der Waals surface area (Å²) in [6, 6.07) is 14.5. The van der Waals surface area contributed by atoms with Gasteiger partial charge in [-0.05, 0) is 90.0 Å². The number of fused-ring (bicyclic) bond motifs is 2. The normalized spacial score (nSPS) is 20.2. The first-order chi connectivity index (χ1) is 34.6. The second-order valence-corrected chi connectivity index (χ2v) is 22.0. The van der Waals surface area contributed by atoms with E-state index >= 15 is 0 Å². The summed E-state index contributed by atoms with van der Waals surface area (Å²) in [5.41, 5.74) is 6.49. The molecule has 3 aromatic carbocycles. The lowest BCUT2D eigenvalue weighted by Gasteiger charge is -2.43. The number of piperidine rings is 2. The Balaban J connectivity index is 0.671. The fraction of sp³-hybridized carbons (Fsp3) is 0.460. The van der Waals surface area contributed by atoms with Crippen molar-refractivity contribution in [3.63, 3.8) is 0 Å². The molecule has 7 heterocycles. The predicted octanol–water partition coefficient (Wildman–Crippen LogP) is 4.09. The number of aryl methyl sites for hydroxylation is 1. The molecule has 3 N–H and O–H groups in total. The molecule has 22 heteroatoms. The third-order valence-electron chi connectivity index (χ3n) is 14.9. The molecule has 0 radical (unpaired) electrons. The van der Waals surface area contributed by atoms with Gasteiger partial charge in [0.1, 0.15) is 17.6 Å². The number of methoxy groups -OCH3 is 1. The highest BCUT2D eigenvalue weighted by Gasteiger charge is 2.45. The maximum absolute atomic E-state index is 13.4. The quantitative estimate of drug-likeness (QED) is 0.161. The van der Waals surface area contributed by atoms with E-state index in [-0.39, 0.29) is 29.9 Å². The minimum Gasteiger partial charge on any atom is -0.494 e. The Morgan fingerprint density at radius 2 is 1.58 bits per heavy atom. The highest BCUT2D eigenvalue weighted by Crippen LogP contribution is 2.41. The fourth-order valence-electron chi connectivity index (χ4n) is 11.0. The number of para-hydroxylation sites is 1. The number of benzene rings is 3. The Kier molecular flexibility index (Phi) is 13.9. The number of anilines is 7. The van der Waals surface area contributed by atoms with E-state index in [1.807, 2.05) is 29.2 Å². The number of hydrogen-bond donors (Lipinski definition) is 3. The van der Waals surface area contributed by atoms with E-state index < -0.39 is 39.7 Å². The van der Waals surface area contributed by atoms with E-state index in [0.717, 1.165) is 85.2 Å². The molecule has 10 rings (SSSR count). The molecule has 0 saturated carbocycles. The smallest absolute Gasteiger partial charge is 0.262 e. The maximum atomic E-state index is 13.4. The van der Waals surface area contributed by atoms with E-state index in [2.05, 4.69) is 75.5 Å². The number of carbonyl (C=O) groups excluding carboxylic acids is 5. The summed E-state index contributed by atoms with van der Waals surface area (Å²) < 4.78 is 33.1. The molecule has 0 aliphatic carbocycles. The number of aromatic nitrogens is 2. The van der Waals surface area contributed by atoms with Crippen LogP contribution in [0.3, 0.4) is 0 Å². The molecule has 72 heavy (non-hydrogen) atoms. The van der Waals surface area contributed by atoms with Crippen molar-refractivity contribution in [2.24, 2.45) is 0 Å². The molecular weight excluding hydrogens is 1010 g/mol. The third-order valence-corrected chi connectivity index (χ3v) is 16.7. The zero-order valence-electron chi connectivity index (χ0n) is 40.7. The Bertz CT molecular complexity index is 2940. The minimum absolute atomic E-state index is 0.0738. The van der Waals surface area contributed by atoms with E-state index in [4.69, 9.17) is 9.72 Å². The van der Waals surface area contributed by atoms with Gasteiger partial charge in [0.15, 0.2) is 0 Å². The Labute approximate surface area is 427 Å². The Hall–Kier alpha value is -6.36. The van der Waals surface area contributed by atoms with Gasteiger partial charge in [0.2, 0.25) is 33.7 Å². The number of sulfonamides is 1. The molecule has 4 fully saturated rings. The first kappa shape index (κ1) is 49.2. The standard InChI is InChI=1S/C50H59BrN12O8S/c1-31-27-39(54-50-52-30-37(51)46(56-50)53-38-6-4-5-32-11-18-62(45(32)38)72(3,69)70)42(71-2)29-41(31)60-16-12-33(13-17-60)58-23-25-61(26-24-58)44(65)14-15-57-19-21-59(22-20-57)34-7-8-35-36(28-34)49(68)63(48(35)67)40-9-10-43(64)55-47(40)66/h4-8,27-30,33,40H,9-26H2,1-3H3,(H,55,64,66)(H2,52,53,54,56). The zero-order chi connectivity index (χ0) is 50.4. The number of halogens is 1. The van der Waals surface area contributed by atoms with Crippen molar-refractivity contribution < 1.29 is 37.1 Å². The van der Waals surface area contributed by atoms with Gasteiger partial charge in [0.25, 0.3) is 11.8 Å². The second kappa shape index (κ2) is 20.3. The van der Waals surface area contributed by atoms with Crippen LogP contribution in [0.25, 0.3) is 0 Å². The highest BCUT2D eigenvalue weighted by atomic mass is 79.9. The SMILES string of the molecule is COc1cc(N2CCC(N3CCN(C(=O)CCN4CCN(c5ccc6c(c5)C(=O)N(C5CCC(=O)NC5=O)C6=O)CC4)CC3)CC2)c(C)cc1Nc1ncc(Br)c(Nc2cccc3c2N(S(C)(=O)=O)CC3)n1. The molecule has 4 saturated heterocycles. The van der Waals surface area contributed by atoms with Gasteiger partial charge in [-0.1, -0.05) is 12.1 Å². The molecule has 0 bridgehead atoms. The number of hydrogen-bond acceptors (Lipinski definition) is 16. The number of carbonyl (C=O) groups is 5. The van der Waals surface area contributed by atoms with Crippen LogP contribution >= 0.6 is 15.9 Å². The van der Waals surface area contributed by atoms with Crippen molar-refractivity contribution in [3.8, 4) is 5.75 Å². The molecule has 20 nitrogen and oxygen atoms in total. The van der Waals surface area contributed by atoms with Crippen LogP contribution in [0.5, 0.6) is 5.75 Å². The average Bonchev–Trinajstić information content (AvgIpc) is 3.93. The zero-order valence-corrected chi connectivity index (χ0v) is 43.1. The summed E-state index contributed by atoms with van der Waals surface area (Å²) in [5.74, 6) is -0.403. The van der Waals surface area contributed by atoms with Crippen LogP contribution in [-0.4, -0.2) is 172 Å². The van der Waals surface area contributed by atoms with Gasteiger partial charge < -0.3 is 30.1 Å². The van der Waals surface area contributed by atoms with Crippen LogP contribution in [0.15, 0.2) is 59.2 Å². The average molecular weight is 1070 g/mol. The first-order valence-corrected chi connectivity index (χ1v) is 27.2. The van der Waals surface area contributed by atoms with Crippen LogP contribution in [0.1, 0.15) is 63.9 Å². The van der Waals surface area contributed by atoms with Crippen LogP contribution in [0.4, 0.5) is 40.2 Å². The monoisotopic (exact) mass is 1070 g/mol. The van der Waals surface area contributed by atoms with Crippen LogP contribution in [0, 0.1) is 6.92 Å². The molecule has 0 spiro atoms. The second-order valence-electron chi connectivity index (χ2n) is 19.3. The molecule has 1 aromatic heterocycles. The van der Waals surface area contributed by atoms with Gasteiger partial charge in [0.05, 0.1) is 46.0 Å². The summed E-state index contributed by atoms with van der Waals surface area (Å²) in [7, 11) is -1.81. The lowest BCUT2D eigenvalue weighted by molar-refractivity contribution is -0.136. The Morgan fingerprint density at radius 1 is 0.833 bits per heavy atom. The van der Waals surface area contributed by atoms with Crippen molar-refractivity contribution in [3.05, 3.63) is 81.5 Å².